The molecule has 3 aliphatic rings. The predicted octanol–water partition coefficient (Wildman–Crippen LogP) is 5.41. The van der Waals surface area contributed by atoms with Gasteiger partial charge in [-0.05, 0) is 47.9 Å². The topological polar surface area (TPSA) is 46.6 Å². The second-order valence-electron chi connectivity index (χ2n) is 9.27. The molecule has 0 unspecified atom stereocenters. The van der Waals surface area contributed by atoms with Gasteiger partial charge < -0.3 is 9.64 Å². The van der Waals surface area contributed by atoms with Crippen LogP contribution in [0.4, 0.5) is 0 Å². The lowest BCUT2D eigenvalue weighted by Gasteiger charge is -2.27. The lowest BCUT2D eigenvalue weighted by Crippen LogP contribution is -2.40. The van der Waals surface area contributed by atoms with E-state index in [9.17, 15) is 9.59 Å². The fraction of sp³-hybridized carbons (Fsp3) is 0.286. The molecule has 1 aliphatic carbocycles. The normalized spacial score (nSPS) is 22.3. The van der Waals surface area contributed by atoms with E-state index in [4.69, 9.17) is 4.74 Å². The number of hydrogen-bond donors (Lipinski definition) is 0. The zero-order valence-corrected chi connectivity index (χ0v) is 19.4. The Morgan fingerprint density at radius 3 is 2.33 bits per heavy atom. The summed E-state index contributed by atoms with van der Waals surface area (Å²) in [7, 11) is 0. The van der Waals surface area contributed by atoms with Crippen LogP contribution in [0.2, 0.25) is 0 Å². The molecule has 0 aromatic heterocycles. The highest BCUT2D eigenvalue weighted by Crippen LogP contribution is 2.52. The van der Waals surface area contributed by atoms with E-state index in [0.717, 1.165) is 24.0 Å². The van der Waals surface area contributed by atoms with Gasteiger partial charge in [-0.15, -0.1) is 11.8 Å². The first-order valence-electron chi connectivity index (χ1n) is 11.4. The molecule has 1 spiro atoms. The molecule has 3 aromatic carbocycles. The SMILES string of the molecule is CSc1ccccc1-c1ccc(C2(C(=O)N3CC[C@@]4(C3)OC(=O)c3ccccc34)CC2)cc1. The third kappa shape index (κ3) is 3.13. The average molecular weight is 456 g/mol. The Hall–Kier alpha value is -3.05. The number of carbonyl (C=O) groups excluding carboxylic acids is 2. The average Bonchev–Trinajstić information content (AvgIpc) is 3.50. The van der Waals surface area contributed by atoms with Gasteiger partial charge in [0, 0.05) is 23.4 Å². The van der Waals surface area contributed by atoms with Crippen molar-refractivity contribution in [2.24, 2.45) is 0 Å². The molecular weight excluding hydrogens is 430 g/mol. The summed E-state index contributed by atoms with van der Waals surface area (Å²) in [6.45, 7) is 1.05. The number of hydrogen-bond acceptors (Lipinski definition) is 4. The van der Waals surface area contributed by atoms with E-state index in [1.165, 1.54) is 16.0 Å². The van der Waals surface area contributed by atoms with Crippen LogP contribution >= 0.6 is 11.8 Å². The fourth-order valence-electron chi connectivity index (χ4n) is 5.51. The van der Waals surface area contributed by atoms with Crippen molar-refractivity contribution in [1.82, 2.24) is 4.90 Å². The van der Waals surface area contributed by atoms with Crippen LogP contribution in [-0.2, 0) is 20.5 Å². The first-order chi connectivity index (χ1) is 16.1. The van der Waals surface area contributed by atoms with Crippen LogP contribution in [0.3, 0.4) is 0 Å². The molecule has 6 rings (SSSR count). The monoisotopic (exact) mass is 455 g/mol. The Labute approximate surface area is 197 Å². The zero-order valence-electron chi connectivity index (χ0n) is 18.5. The minimum Gasteiger partial charge on any atom is -0.449 e. The van der Waals surface area contributed by atoms with Crippen molar-refractivity contribution in [3.63, 3.8) is 0 Å². The van der Waals surface area contributed by atoms with E-state index >= 15 is 0 Å². The number of rotatable bonds is 4. The molecule has 166 valence electrons. The Morgan fingerprint density at radius 2 is 1.61 bits per heavy atom. The molecule has 33 heavy (non-hydrogen) atoms. The summed E-state index contributed by atoms with van der Waals surface area (Å²) >= 11 is 1.74. The van der Waals surface area contributed by atoms with Crippen LogP contribution in [0.25, 0.3) is 11.1 Å². The lowest BCUT2D eigenvalue weighted by molar-refractivity contribution is -0.134. The van der Waals surface area contributed by atoms with Gasteiger partial charge in [0.05, 0.1) is 17.5 Å². The molecule has 1 atom stereocenters. The third-order valence-electron chi connectivity index (χ3n) is 7.46. The number of nitrogens with zero attached hydrogens (tertiary/aromatic N) is 1. The number of carbonyl (C=O) groups is 2. The number of thioether (sulfide) groups is 1. The molecule has 0 bridgehead atoms. The van der Waals surface area contributed by atoms with E-state index in [0.29, 0.717) is 25.1 Å². The number of fused-ring (bicyclic) bond motifs is 2. The van der Waals surface area contributed by atoms with Gasteiger partial charge in [0.25, 0.3) is 0 Å². The maximum Gasteiger partial charge on any atom is 0.339 e. The van der Waals surface area contributed by atoms with Crippen molar-refractivity contribution in [3.05, 3.63) is 89.5 Å². The van der Waals surface area contributed by atoms with Gasteiger partial charge in [-0.1, -0.05) is 60.7 Å². The molecule has 1 saturated carbocycles. The molecule has 1 saturated heterocycles. The van der Waals surface area contributed by atoms with Gasteiger partial charge in [0.2, 0.25) is 5.91 Å². The van der Waals surface area contributed by atoms with Crippen LogP contribution in [0.15, 0.2) is 77.7 Å². The third-order valence-corrected chi connectivity index (χ3v) is 8.26. The summed E-state index contributed by atoms with van der Waals surface area (Å²) in [6, 6.07) is 24.5. The minimum absolute atomic E-state index is 0.164. The van der Waals surface area contributed by atoms with Gasteiger partial charge in [-0.25, -0.2) is 4.79 Å². The number of benzene rings is 3. The maximum absolute atomic E-state index is 13.7. The van der Waals surface area contributed by atoms with E-state index < -0.39 is 11.0 Å². The second-order valence-corrected chi connectivity index (χ2v) is 10.1. The molecule has 0 N–H and O–H groups in total. The van der Waals surface area contributed by atoms with Crippen LogP contribution in [-0.4, -0.2) is 36.1 Å². The molecule has 1 amide bonds. The Kier molecular flexibility index (Phi) is 4.66. The number of ether oxygens (including phenoxy) is 1. The van der Waals surface area contributed by atoms with E-state index in [-0.39, 0.29) is 11.9 Å². The van der Waals surface area contributed by atoms with Crippen molar-refractivity contribution < 1.29 is 14.3 Å². The molecule has 2 aliphatic heterocycles. The van der Waals surface area contributed by atoms with Gasteiger partial charge in [-0.3, -0.25) is 4.79 Å². The first-order valence-corrected chi connectivity index (χ1v) is 12.6. The van der Waals surface area contributed by atoms with E-state index in [1.807, 2.05) is 29.2 Å². The van der Waals surface area contributed by atoms with E-state index in [1.54, 1.807) is 11.8 Å². The first kappa shape index (κ1) is 20.5. The number of esters is 1. The van der Waals surface area contributed by atoms with E-state index in [2.05, 4.69) is 54.8 Å². The van der Waals surface area contributed by atoms with Gasteiger partial charge in [-0.2, -0.15) is 0 Å². The highest BCUT2D eigenvalue weighted by molar-refractivity contribution is 7.98. The quantitative estimate of drug-likeness (QED) is 0.390. The summed E-state index contributed by atoms with van der Waals surface area (Å²) in [5.74, 6) is -0.112. The van der Waals surface area contributed by atoms with Crippen LogP contribution in [0.5, 0.6) is 0 Å². The Balaban J connectivity index is 1.25. The smallest absolute Gasteiger partial charge is 0.339 e. The van der Waals surface area contributed by atoms with Gasteiger partial charge in [0.1, 0.15) is 0 Å². The molecule has 3 aromatic rings. The summed E-state index contributed by atoms with van der Waals surface area (Å²) in [4.78, 5) is 29.3. The minimum atomic E-state index is -0.690. The molecule has 2 fully saturated rings. The molecule has 4 nitrogen and oxygen atoms in total. The summed E-state index contributed by atoms with van der Waals surface area (Å²) in [5.41, 5.74) is 3.90. The van der Waals surface area contributed by atoms with Gasteiger partial charge in [0.15, 0.2) is 5.60 Å². The fourth-order valence-corrected chi connectivity index (χ4v) is 6.13. The van der Waals surface area contributed by atoms with Crippen LogP contribution in [0.1, 0.15) is 40.7 Å². The van der Waals surface area contributed by atoms with Crippen molar-refractivity contribution >= 4 is 23.6 Å². The van der Waals surface area contributed by atoms with Gasteiger partial charge >= 0.3 is 5.97 Å². The van der Waals surface area contributed by atoms with Crippen LogP contribution < -0.4 is 0 Å². The summed E-state index contributed by atoms with van der Waals surface area (Å²) in [5, 5.41) is 0. The Morgan fingerprint density at radius 1 is 0.909 bits per heavy atom. The largest absolute Gasteiger partial charge is 0.449 e. The standard InChI is InChI=1S/C28H25NO3S/c1-33-24-9-5-3-6-21(24)19-10-12-20(13-11-19)27(14-15-27)26(31)29-17-16-28(18-29)23-8-4-2-7-22(23)25(30)32-28/h2-13H,14-18H2,1H3/t28-/m0/s1. The molecule has 5 heteroatoms. The van der Waals surface area contributed by atoms with Crippen molar-refractivity contribution in [2.45, 2.75) is 35.2 Å². The van der Waals surface area contributed by atoms with Crippen LogP contribution in [0, 0.1) is 0 Å². The Bertz CT molecular complexity index is 1260. The molecular formula is C28H25NO3S. The number of amides is 1. The molecule has 2 heterocycles. The van der Waals surface area contributed by atoms with Crippen molar-refractivity contribution in [3.8, 4) is 11.1 Å². The van der Waals surface area contributed by atoms with Crippen molar-refractivity contribution in [1.29, 1.82) is 0 Å². The summed E-state index contributed by atoms with van der Waals surface area (Å²) < 4.78 is 5.85. The second kappa shape index (κ2) is 7.49. The highest BCUT2D eigenvalue weighted by atomic mass is 32.2. The predicted molar refractivity (Wildman–Crippen MR) is 129 cm³/mol. The highest BCUT2D eigenvalue weighted by Gasteiger charge is 2.57. The lowest BCUT2D eigenvalue weighted by atomic mass is 9.91. The number of likely N-dealkylation sites (tertiary alicyclic amines) is 1. The zero-order chi connectivity index (χ0) is 22.6. The maximum atomic E-state index is 13.7. The molecule has 0 radical (unpaired) electrons. The van der Waals surface area contributed by atoms with Crippen molar-refractivity contribution in [2.75, 3.05) is 19.3 Å². The summed E-state index contributed by atoms with van der Waals surface area (Å²) in [6.07, 6.45) is 4.48.